The van der Waals surface area contributed by atoms with Crippen LogP contribution in [-0.4, -0.2) is 5.97 Å². The lowest BCUT2D eigenvalue weighted by Crippen LogP contribution is -2.28. The summed E-state index contributed by atoms with van der Waals surface area (Å²) in [4.78, 5) is 12.9. The molecule has 2 unspecified atom stereocenters. The fraction of sp³-hybridized carbons (Fsp3) is 0.0800. The van der Waals surface area contributed by atoms with Crippen molar-refractivity contribution in [2.75, 3.05) is 0 Å². The summed E-state index contributed by atoms with van der Waals surface area (Å²) >= 11 is 6.29. The van der Waals surface area contributed by atoms with Crippen LogP contribution in [-0.2, 0) is 20.7 Å². The van der Waals surface area contributed by atoms with E-state index in [9.17, 15) is 9.36 Å². The molecular formula is C25H21ClNO4P. The summed E-state index contributed by atoms with van der Waals surface area (Å²) in [7, 11) is 0. The van der Waals surface area contributed by atoms with Gasteiger partial charge in [0.1, 0.15) is 18.4 Å². The lowest BCUT2D eigenvalue weighted by molar-refractivity contribution is -0.147. The zero-order valence-corrected chi connectivity index (χ0v) is 18.7. The highest BCUT2D eigenvalue weighted by atomic mass is 35.7. The Kier molecular flexibility index (Phi) is 6.91. The molecule has 4 aromatic carbocycles. The van der Waals surface area contributed by atoms with Gasteiger partial charge in [0.2, 0.25) is 0 Å². The third-order valence-corrected chi connectivity index (χ3v) is 6.34. The summed E-state index contributed by atoms with van der Waals surface area (Å²) in [6.07, 6.45) is 0. The number of fused-ring (bicyclic) bond motifs is 1. The molecular weight excluding hydrogens is 445 g/mol. The van der Waals surface area contributed by atoms with Crippen molar-refractivity contribution in [1.82, 2.24) is 5.09 Å². The molecule has 0 aliphatic carbocycles. The highest BCUT2D eigenvalue weighted by Crippen LogP contribution is 2.51. The predicted octanol–water partition coefficient (Wildman–Crippen LogP) is 6.64. The van der Waals surface area contributed by atoms with Gasteiger partial charge in [0.05, 0.1) is 0 Å². The van der Waals surface area contributed by atoms with Gasteiger partial charge in [-0.2, -0.15) is 0 Å². The minimum atomic E-state index is -3.97. The maximum Gasteiger partial charge on any atom is 0.410 e. The van der Waals surface area contributed by atoms with Crippen LogP contribution in [0.1, 0.15) is 17.2 Å². The van der Waals surface area contributed by atoms with Crippen LogP contribution < -0.4 is 9.61 Å². The van der Waals surface area contributed by atoms with E-state index in [0.29, 0.717) is 11.3 Å². The van der Waals surface area contributed by atoms with Crippen LogP contribution in [0.2, 0.25) is 0 Å². The number of halogens is 1. The Morgan fingerprint density at radius 3 is 2.22 bits per heavy atom. The quantitative estimate of drug-likeness (QED) is 0.233. The van der Waals surface area contributed by atoms with Crippen molar-refractivity contribution in [2.24, 2.45) is 0 Å². The van der Waals surface area contributed by atoms with Gasteiger partial charge in [-0.25, -0.2) is 14.4 Å². The van der Waals surface area contributed by atoms with Gasteiger partial charge >= 0.3 is 12.8 Å². The molecule has 1 N–H and O–H groups in total. The number of ether oxygens (including phenoxy) is 1. The number of hydrogen-bond donors (Lipinski definition) is 1. The van der Waals surface area contributed by atoms with Crippen LogP contribution in [0.5, 0.6) is 5.75 Å². The summed E-state index contributed by atoms with van der Waals surface area (Å²) < 4.78 is 24.4. The Hall–Kier alpha value is -3.11. The first-order chi connectivity index (χ1) is 15.5. The average Bonchev–Trinajstić information content (AvgIpc) is 2.82. The molecule has 32 heavy (non-hydrogen) atoms. The van der Waals surface area contributed by atoms with E-state index in [0.717, 1.165) is 16.3 Å². The first kappa shape index (κ1) is 22.1. The van der Waals surface area contributed by atoms with Gasteiger partial charge in [0.15, 0.2) is 0 Å². The van der Waals surface area contributed by atoms with E-state index >= 15 is 0 Å². The van der Waals surface area contributed by atoms with Gasteiger partial charge in [-0.15, -0.1) is 0 Å². The Morgan fingerprint density at radius 1 is 0.844 bits per heavy atom. The fourth-order valence-electron chi connectivity index (χ4n) is 3.30. The Balaban J connectivity index is 1.55. The Labute approximate surface area is 191 Å². The first-order valence-electron chi connectivity index (χ1n) is 10.0. The van der Waals surface area contributed by atoms with E-state index in [1.165, 1.54) is 0 Å². The molecule has 0 aliphatic rings. The third kappa shape index (κ3) is 5.57. The largest absolute Gasteiger partial charge is 0.459 e. The molecule has 0 radical (unpaired) electrons. The van der Waals surface area contributed by atoms with Crippen LogP contribution in [0.25, 0.3) is 10.8 Å². The van der Waals surface area contributed by atoms with E-state index in [-0.39, 0.29) is 6.61 Å². The summed E-state index contributed by atoms with van der Waals surface area (Å²) in [5.41, 5.74) is 1.40. The molecule has 7 heteroatoms. The van der Waals surface area contributed by atoms with Crippen LogP contribution >= 0.6 is 18.1 Å². The fourth-order valence-corrected chi connectivity index (χ4v) is 4.85. The highest BCUT2D eigenvalue weighted by molar-refractivity contribution is 7.84. The molecule has 5 nitrogen and oxygen atoms in total. The third-order valence-electron chi connectivity index (χ3n) is 4.84. The SMILES string of the molecule is O=C(OCc1ccccc1)C(NP(=O)(Cl)Oc1cccc2ccccc12)c1ccccc1. The summed E-state index contributed by atoms with van der Waals surface area (Å²) in [6, 6.07) is 30.0. The van der Waals surface area contributed by atoms with Crippen molar-refractivity contribution in [3.05, 3.63) is 114 Å². The number of hydrogen-bond acceptors (Lipinski definition) is 4. The van der Waals surface area contributed by atoms with Crippen molar-refractivity contribution >= 4 is 34.9 Å². The van der Waals surface area contributed by atoms with Gasteiger partial charge in [0, 0.05) is 16.6 Å². The maximum atomic E-state index is 13.2. The number of carbonyl (C=O) groups excluding carboxylic acids is 1. The lowest BCUT2D eigenvalue weighted by Gasteiger charge is -2.22. The van der Waals surface area contributed by atoms with Crippen molar-refractivity contribution in [2.45, 2.75) is 12.6 Å². The molecule has 0 fully saturated rings. The summed E-state index contributed by atoms with van der Waals surface area (Å²) in [5.74, 6) is -0.249. The number of rotatable bonds is 8. The van der Waals surface area contributed by atoms with Crippen LogP contribution in [0.15, 0.2) is 103 Å². The van der Waals surface area contributed by atoms with E-state index in [4.69, 9.17) is 20.5 Å². The summed E-state index contributed by atoms with van der Waals surface area (Å²) in [5, 5.41) is 4.37. The van der Waals surface area contributed by atoms with Crippen molar-refractivity contribution in [1.29, 1.82) is 0 Å². The second kappa shape index (κ2) is 10.0. The maximum absolute atomic E-state index is 13.2. The van der Waals surface area contributed by atoms with Gasteiger partial charge in [-0.1, -0.05) is 97.1 Å². The molecule has 0 spiro atoms. The molecule has 0 saturated carbocycles. The van der Waals surface area contributed by atoms with Gasteiger partial charge < -0.3 is 9.26 Å². The van der Waals surface area contributed by atoms with E-state index < -0.39 is 18.9 Å². The average molecular weight is 466 g/mol. The minimum absolute atomic E-state index is 0.0848. The van der Waals surface area contributed by atoms with Crippen LogP contribution in [0.3, 0.4) is 0 Å². The molecule has 0 aromatic heterocycles. The van der Waals surface area contributed by atoms with E-state index in [2.05, 4.69) is 5.09 Å². The summed E-state index contributed by atoms with van der Waals surface area (Å²) in [6.45, 7) is -3.88. The monoisotopic (exact) mass is 465 g/mol. The Morgan fingerprint density at radius 2 is 1.47 bits per heavy atom. The van der Waals surface area contributed by atoms with Crippen LogP contribution in [0.4, 0.5) is 0 Å². The molecule has 0 aliphatic heterocycles. The Bertz CT molecular complexity index is 1250. The van der Waals surface area contributed by atoms with Gasteiger partial charge in [-0.05, 0) is 22.6 Å². The molecule has 0 heterocycles. The van der Waals surface area contributed by atoms with Crippen molar-refractivity contribution in [3.8, 4) is 5.75 Å². The smallest absolute Gasteiger partial charge is 0.410 e. The zero-order valence-electron chi connectivity index (χ0n) is 17.1. The molecule has 0 amide bonds. The van der Waals surface area contributed by atoms with Crippen LogP contribution in [0, 0.1) is 0 Å². The topological polar surface area (TPSA) is 64.6 Å². The standard InChI is InChI=1S/C25H21ClNO4P/c26-32(29,31-23-17-9-15-20-12-7-8-16-22(20)23)27-24(21-13-5-2-6-14-21)25(28)30-18-19-10-3-1-4-11-19/h1-17,24H,18H2,(H,27,29). The molecule has 2 atom stereocenters. The highest BCUT2D eigenvalue weighted by Gasteiger charge is 2.32. The minimum Gasteiger partial charge on any atom is -0.459 e. The second-order valence-electron chi connectivity index (χ2n) is 7.11. The number of benzene rings is 4. The zero-order chi connectivity index (χ0) is 22.4. The number of carbonyl (C=O) groups is 1. The van der Waals surface area contributed by atoms with Crippen molar-refractivity contribution < 1.29 is 18.6 Å². The van der Waals surface area contributed by atoms with Crippen molar-refractivity contribution in [3.63, 3.8) is 0 Å². The number of nitrogens with one attached hydrogen (secondary N) is 1. The molecule has 0 bridgehead atoms. The molecule has 4 aromatic rings. The normalized spacial score (nSPS) is 13.8. The first-order valence-corrected chi connectivity index (χ1v) is 12.6. The van der Waals surface area contributed by atoms with Gasteiger partial charge in [0.25, 0.3) is 0 Å². The molecule has 162 valence electrons. The van der Waals surface area contributed by atoms with E-state index in [1.807, 2.05) is 66.7 Å². The molecule has 4 rings (SSSR count). The second-order valence-corrected chi connectivity index (χ2v) is 9.85. The predicted molar refractivity (Wildman–Crippen MR) is 127 cm³/mol. The lowest BCUT2D eigenvalue weighted by atomic mass is 10.1. The van der Waals surface area contributed by atoms with Gasteiger partial charge in [-0.3, -0.25) is 0 Å². The molecule has 0 saturated heterocycles. The van der Waals surface area contributed by atoms with E-state index in [1.54, 1.807) is 36.4 Å². The number of esters is 1.